The van der Waals surface area contributed by atoms with Gasteiger partial charge in [0, 0.05) is 13.1 Å². The molecule has 0 amide bonds. The van der Waals surface area contributed by atoms with Crippen molar-refractivity contribution in [2.45, 2.75) is 6.92 Å². The molecule has 0 heterocycles. The Kier molecular flexibility index (Phi) is 4.13. The molecule has 0 saturated carbocycles. The van der Waals surface area contributed by atoms with Gasteiger partial charge in [0.15, 0.2) is 0 Å². The normalized spacial score (nSPS) is 10.1. The van der Waals surface area contributed by atoms with E-state index in [4.69, 9.17) is 15.9 Å². The fraction of sp³-hybridized carbons (Fsp3) is 0.364. The number of carbonyl (C=O) groups is 1. The van der Waals surface area contributed by atoms with Gasteiger partial charge in [-0.3, -0.25) is 0 Å². The van der Waals surface area contributed by atoms with E-state index in [1.807, 2.05) is 11.8 Å². The first-order chi connectivity index (χ1) is 7.61. The van der Waals surface area contributed by atoms with Crippen LogP contribution < -0.4 is 10.6 Å². The summed E-state index contributed by atoms with van der Waals surface area (Å²) >= 11 is 0. The molecule has 4 N–H and O–H groups in total. The zero-order chi connectivity index (χ0) is 12.1. The number of aliphatic hydroxyl groups excluding tert-OH is 1. The number of aromatic carboxylic acids is 1. The molecule has 1 aromatic rings. The highest BCUT2D eigenvalue weighted by atomic mass is 16.4. The van der Waals surface area contributed by atoms with Gasteiger partial charge in [-0.1, -0.05) is 6.07 Å². The van der Waals surface area contributed by atoms with Crippen molar-refractivity contribution < 1.29 is 15.0 Å². The van der Waals surface area contributed by atoms with E-state index in [0.29, 0.717) is 18.8 Å². The van der Waals surface area contributed by atoms with Gasteiger partial charge in [0.2, 0.25) is 0 Å². The Morgan fingerprint density at radius 3 is 2.69 bits per heavy atom. The molecule has 1 aromatic carbocycles. The van der Waals surface area contributed by atoms with E-state index >= 15 is 0 Å². The SMILES string of the molecule is CCN(CCO)c1cccc(C(=O)O)c1N. The van der Waals surface area contributed by atoms with Crippen molar-refractivity contribution in [3.8, 4) is 0 Å². The Bertz CT molecular complexity index is 379. The van der Waals surface area contributed by atoms with E-state index in [-0.39, 0.29) is 17.9 Å². The highest BCUT2D eigenvalue weighted by Gasteiger charge is 2.14. The van der Waals surface area contributed by atoms with E-state index in [2.05, 4.69) is 0 Å². The minimum absolute atomic E-state index is 0.00454. The summed E-state index contributed by atoms with van der Waals surface area (Å²) in [7, 11) is 0. The molecule has 0 aliphatic carbocycles. The second kappa shape index (κ2) is 5.37. The third-order valence-electron chi connectivity index (χ3n) is 2.41. The number of likely N-dealkylation sites (N-methyl/N-ethyl adjacent to an activating group) is 1. The maximum Gasteiger partial charge on any atom is 0.337 e. The van der Waals surface area contributed by atoms with Gasteiger partial charge in [-0.25, -0.2) is 4.79 Å². The van der Waals surface area contributed by atoms with Gasteiger partial charge in [-0.2, -0.15) is 0 Å². The number of carboxylic acid groups (broad SMARTS) is 1. The summed E-state index contributed by atoms with van der Waals surface area (Å²) in [6, 6.07) is 4.87. The largest absolute Gasteiger partial charge is 0.478 e. The molecular weight excluding hydrogens is 208 g/mol. The van der Waals surface area contributed by atoms with Gasteiger partial charge in [0.1, 0.15) is 0 Å². The molecule has 0 bridgehead atoms. The number of aliphatic hydroxyl groups is 1. The lowest BCUT2D eigenvalue weighted by molar-refractivity contribution is 0.0698. The topological polar surface area (TPSA) is 86.8 Å². The molecule has 0 aliphatic rings. The fourth-order valence-electron chi connectivity index (χ4n) is 1.58. The Morgan fingerprint density at radius 2 is 2.19 bits per heavy atom. The van der Waals surface area contributed by atoms with Crippen LogP contribution >= 0.6 is 0 Å². The first-order valence-corrected chi connectivity index (χ1v) is 5.09. The van der Waals surface area contributed by atoms with E-state index in [1.165, 1.54) is 6.07 Å². The van der Waals surface area contributed by atoms with Crippen LogP contribution in [0.15, 0.2) is 18.2 Å². The summed E-state index contributed by atoms with van der Waals surface area (Å²) in [6.07, 6.45) is 0. The molecule has 0 atom stereocenters. The molecule has 5 heteroatoms. The van der Waals surface area contributed by atoms with Crippen LogP contribution in [-0.4, -0.2) is 35.9 Å². The molecule has 0 aliphatic heterocycles. The monoisotopic (exact) mass is 224 g/mol. The number of nitrogens with zero attached hydrogens (tertiary/aromatic N) is 1. The van der Waals surface area contributed by atoms with Crippen LogP contribution in [0.4, 0.5) is 11.4 Å². The van der Waals surface area contributed by atoms with Crippen LogP contribution in [0.5, 0.6) is 0 Å². The molecule has 0 radical (unpaired) electrons. The second-order valence-corrected chi connectivity index (χ2v) is 3.35. The van der Waals surface area contributed by atoms with Gasteiger partial charge in [-0.15, -0.1) is 0 Å². The number of hydrogen-bond acceptors (Lipinski definition) is 4. The predicted molar refractivity (Wildman–Crippen MR) is 62.8 cm³/mol. The van der Waals surface area contributed by atoms with Gasteiger partial charge in [0.25, 0.3) is 0 Å². The van der Waals surface area contributed by atoms with Crippen molar-refractivity contribution in [3.05, 3.63) is 23.8 Å². The highest BCUT2D eigenvalue weighted by molar-refractivity contribution is 5.97. The average Bonchev–Trinajstić information content (AvgIpc) is 2.26. The number of para-hydroxylation sites is 1. The highest BCUT2D eigenvalue weighted by Crippen LogP contribution is 2.26. The summed E-state index contributed by atoms with van der Waals surface area (Å²) in [5.41, 5.74) is 6.77. The maximum absolute atomic E-state index is 10.9. The third-order valence-corrected chi connectivity index (χ3v) is 2.41. The van der Waals surface area contributed by atoms with Gasteiger partial charge >= 0.3 is 5.97 Å². The molecule has 16 heavy (non-hydrogen) atoms. The Morgan fingerprint density at radius 1 is 1.50 bits per heavy atom. The van der Waals surface area contributed by atoms with Crippen LogP contribution in [0.2, 0.25) is 0 Å². The molecule has 0 fully saturated rings. The van der Waals surface area contributed by atoms with Crippen molar-refractivity contribution in [2.24, 2.45) is 0 Å². The van der Waals surface area contributed by atoms with Crippen molar-refractivity contribution in [2.75, 3.05) is 30.3 Å². The van der Waals surface area contributed by atoms with E-state index < -0.39 is 5.97 Å². The summed E-state index contributed by atoms with van der Waals surface area (Å²) in [4.78, 5) is 12.7. The number of anilines is 2. The van der Waals surface area contributed by atoms with Crippen LogP contribution in [-0.2, 0) is 0 Å². The van der Waals surface area contributed by atoms with Crippen molar-refractivity contribution in [1.29, 1.82) is 0 Å². The molecule has 0 unspecified atom stereocenters. The number of nitrogens with two attached hydrogens (primary N) is 1. The van der Waals surface area contributed by atoms with E-state index in [0.717, 1.165) is 0 Å². The Labute approximate surface area is 94.1 Å². The quantitative estimate of drug-likeness (QED) is 0.643. The van der Waals surface area contributed by atoms with Gasteiger partial charge in [0.05, 0.1) is 23.5 Å². The average molecular weight is 224 g/mol. The van der Waals surface area contributed by atoms with E-state index in [1.54, 1.807) is 12.1 Å². The van der Waals surface area contributed by atoms with Crippen LogP contribution in [0.25, 0.3) is 0 Å². The number of nitrogen functional groups attached to an aromatic ring is 1. The van der Waals surface area contributed by atoms with Crippen molar-refractivity contribution >= 4 is 17.3 Å². The first-order valence-electron chi connectivity index (χ1n) is 5.09. The minimum atomic E-state index is -1.04. The van der Waals surface area contributed by atoms with Crippen LogP contribution in [0, 0.1) is 0 Å². The molecule has 0 spiro atoms. The van der Waals surface area contributed by atoms with Crippen LogP contribution in [0.3, 0.4) is 0 Å². The molecule has 0 saturated heterocycles. The summed E-state index contributed by atoms with van der Waals surface area (Å²) in [5, 5.41) is 17.8. The summed E-state index contributed by atoms with van der Waals surface area (Å²) < 4.78 is 0. The molecule has 5 nitrogen and oxygen atoms in total. The standard InChI is InChI=1S/C11H16N2O3/c1-2-13(6-7-14)9-5-3-4-8(10(9)12)11(15)16/h3-5,14H,2,6-7,12H2,1H3,(H,15,16). The lowest BCUT2D eigenvalue weighted by Crippen LogP contribution is -2.27. The Balaban J connectivity index is 3.12. The smallest absolute Gasteiger partial charge is 0.337 e. The predicted octanol–water partition coefficient (Wildman–Crippen LogP) is 0.786. The van der Waals surface area contributed by atoms with Gasteiger partial charge in [-0.05, 0) is 19.1 Å². The summed E-state index contributed by atoms with van der Waals surface area (Å²) in [5.74, 6) is -1.04. The van der Waals surface area contributed by atoms with Gasteiger partial charge < -0.3 is 20.8 Å². The molecule has 88 valence electrons. The van der Waals surface area contributed by atoms with Crippen molar-refractivity contribution in [1.82, 2.24) is 0 Å². The van der Waals surface area contributed by atoms with E-state index in [9.17, 15) is 4.79 Å². The zero-order valence-corrected chi connectivity index (χ0v) is 9.18. The molecule has 0 aromatic heterocycles. The molecule has 1 rings (SSSR count). The lowest BCUT2D eigenvalue weighted by atomic mass is 10.1. The fourth-order valence-corrected chi connectivity index (χ4v) is 1.58. The zero-order valence-electron chi connectivity index (χ0n) is 9.18. The third kappa shape index (κ3) is 2.43. The number of benzene rings is 1. The number of carboxylic acids is 1. The second-order valence-electron chi connectivity index (χ2n) is 3.35. The number of hydrogen-bond donors (Lipinski definition) is 3. The first kappa shape index (κ1) is 12.3. The summed E-state index contributed by atoms with van der Waals surface area (Å²) in [6.45, 7) is 3.02. The van der Waals surface area contributed by atoms with Crippen molar-refractivity contribution in [3.63, 3.8) is 0 Å². The maximum atomic E-state index is 10.9. The minimum Gasteiger partial charge on any atom is -0.478 e. The Hall–Kier alpha value is -1.75. The van der Waals surface area contributed by atoms with Crippen LogP contribution in [0.1, 0.15) is 17.3 Å². The number of rotatable bonds is 5. The molecular formula is C11H16N2O3. The lowest BCUT2D eigenvalue weighted by Gasteiger charge is -2.24.